The van der Waals surface area contributed by atoms with E-state index in [4.69, 9.17) is 23.8 Å². The number of hydrogen-bond acceptors (Lipinski definition) is 6. The standard InChI is InChI=1S/C12H16ClN5O3S3/c1-17(24(20,21)11-4-3-8(13)23-11)7-10(19)14-6-5-9-15-16-12(22)18(9)2/h3-4H,5-7H2,1-2H3,(H,14,19)(H,16,22). The molecule has 0 aliphatic rings. The highest BCUT2D eigenvalue weighted by Gasteiger charge is 2.24. The van der Waals surface area contributed by atoms with E-state index >= 15 is 0 Å². The number of aromatic nitrogens is 3. The van der Waals surface area contributed by atoms with Crippen LogP contribution in [-0.2, 0) is 28.3 Å². The number of likely N-dealkylation sites (N-methyl/N-ethyl adjacent to an activating group) is 1. The minimum Gasteiger partial charge on any atom is -0.355 e. The number of sulfonamides is 1. The van der Waals surface area contributed by atoms with Gasteiger partial charge in [-0.05, 0) is 24.4 Å². The Morgan fingerprint density at radius 3 is 2.79 bits per heavy atom. The number of rotatable bonds is 7. The molecule has 132 valence electrons. The van der Waals surface area contributed by atoms with E-state index in [0.717, 1.165) is 15.6 Å². The van der Waals surface area contributed by atoms with E-state index in [1.54, 1.807) is 11.6 Å². The topological polar surface area (TPSA) is 100 Å². The Bertz CT molecular complexity index is 886. The first kappa shape index (κ1) is 19.1. The molecule has 0 radical (unpaired) electrons. The number of thiophene rings is 1. The van der Waals surface area contributed by atoms with Crippen LogP contribution in [0.3, 0.4) is 0 Å². The minimum atomic E-state index is -3.72. The first-order valence-corrected chi connectivity index (χ1v) is 9.84. The van der Waals surface area contributed by atoms with Crippen LogP contribution in [0.5, 0.6) is 0 Å². The molecule has 0 fully saturated rings. The Labute approximate surface area is 153 Å². The van der Waals surface area contributed by atoms with Gasteiger partial charge in [0.05, 0.1) is 10.9 Å². The van der Waals surface area contributed by atoms with Crippen molar-refractivity contribution in [3.8, 4) is 0 Å². The molecule has 0 bridgehead atoms. The molecule has 0 spiro atoms. The zero-order chi connectivity index (χ0) is 17.9. The average molecular weight is 410 g/mol. The molecular weight excluding hydrogens is 394 g/mol. The zero-order valence-corrected chi connectivity index (χ0v) is 16.2. The lowest BCUT2D eigenvalue weighted by atomic mass is 10.4. The highest BCUT2D eigenvalue weighted by atomic mass is 35.5. The molecule has 0 saturated carbocycles. The summed E-state index contributed by atoms with van der Waals surface area (Å²) in [6.07, 6.45) is 0.479. The number of hydrogen-bond donors (Lipinski definition) is 2. The van der Waals surface area contributed by atoms with Crippen LogP contribution >= 0.6 is 35.2 Å². The van der Waals surface area contributed by atoms with Crippen molar-refractivity contribution in [2.45, 2.75) is 10.6 Å². The monoisotopic (exact) mass is 409 g/mol. The van der Waals surface area contributed by atoms with Crippen LogP contribution in [0.15, 0.2) is 16.3 Å². The summed E-state index contributed by atoms with van der Waals surface area (Å²) < 4.78 is 28.3. The van der Waals surface area contributed by atoms with Gasteiger partial charge in [0, 0.05) is 27.1 Å². The maximum atomic E-state index is 12.3. The number of amides is 1. The van der Waals surface area contributed by atoms with E-state index in [1.807, 2.05) is 0 Å². The Balaban J connectivity index is 1.87. The van der Waals surface area contributed by atoms with E-state index in [-0.39, 0.29) is 10.8 Å². The molecule has 8 nitrogen and oxygen atoms in total. The van der Waals surface area contributed by atoms with Gasteiger partial charge >= 0.3 is 0 Å². The maximum absolute atomic E-state index is 12.3. The highest BCUT2D eigenvalue weighted by molar-refractivity contribution is 7.91. The number of carbonyl (C=O) groups is 1. The fourth-order valence-electron chi connectivity index (χ4n) is 1.85. The normalized spacial score (nSPS) is 11.8. The number of carbonyl (C=O) groups excluding carboxylic acids is 1. The summed E-state index contributed by atoms with van der Waals surface area (Å²) in [4.78, 5) is 11.9. The summed E-state index contributed by atoms with van der Waals surface area (Å²) in [7, 11) is -0.602. The molecular formula is C12H16ClN5O3S3. The predicted molar refractivity (Wildman–Crippen MR) is 94.3 cm³/mol. The Morgan fingerprint density at radius 1 is 1.54 bits per heavy atom. The van der Waals surface area contributed by atoms with Gasteiger partial charge in [0.25, 0.3) is 10.0 Å². The molecule has 0 aliphatic heterocycles. The smallest absolute Gasteiger partial charge is 0.252 e. The van der Waals surface area contributed by atoms with Crippen molar-refractivity contribution in [2.24, 2.45) is 7.05 Å². The van der Waals surface area contributed by atoms with Crippen LogP contribution in [0, 0.1) is 4.77 Å². The van der Waals surface area contributed by atoms with Gasteiger partial charge in [0.2, 0.25) is 5.91 Å². The molecule has 24 heavy (non-hydrogen) atoms. The lowest BCUT2D eigenvalue weighted by Crippen LogP contribution is -2.38. The number of aromatic amines is 1. The van der Waals surface area contributed by atoms with Gasteiger partial charge in [-0.25, -0.2) is 8.42 Å². The van der Waals surface area contributed by atoms with Crippen LogP contribution < -0.4 is 5.32 Å². The van der Waals surface area contributed by atoms with Gasteiger partial charge in [-0.15, -0.1) is 11.3 Å². The van der Waals surface area contributed by atoms with E-state index in [0.29, 0.717) is 27.9 Å². The first-order chi connectivity index (χ1) is 11.2. The molecule has 0 atom stereocenters. The molecule has 2 N–H and O–H groups in total. The molecule has 0 aromatic carbocycles. The van der Waals surface area contributed by atoms with Crippen LogP contribution in [0.1, 0.15) is 5.82 Å². The van der Waals surface area contributed by atoms with E-state index in [9.17, 15) is 13.2 Å². The molecule has 1 amide bonds. The Hall–Kier alpha value is -1.27. The van der Waals surface area contributed by atoms with Gasteiger partial charge in [-0.1, -0.05) is 11.6 Å². The van der Waals surface area contributed by atoms with Crippen LogP contribution in [-0.4, -0.2) is 53.5 Å². The van der Waals surface area contributed by atoms with Crippen LogP contribution in [0.25, 0.3) is 0 Å². The van der Waals surface area contributed by atoms with Crippen molar-refractivity contribution in [3.63, 3.8) is 0 Å². The van der Waals surface area contributed by atoms with Gasteiger partial charge in [0.15, 0.2) is 4.77 Å². The quantitative estimate of drug-likeness (QED) is 0.668. The molecule has 0 unspecified atom stereocenters. The Kier molecular flexibility index (Phi) is 6.15. The third-order valence-electron chi connectivity index (χ3n) is 3.22. The van der Waals surface area contributed by atoms with Crippen LogP contribution in [0.2, 0.25) is 4.34 Å². The van der Waals surface area contributed by atoms with Crippen molar-refractivity contribution >= 4 is 51.1 Å². The van der Waals surface area contributed by atoms with Crippen molar-refractivity contribution in [1.29, 1.82) is 0 Å². The molecule has 2 aromatic rings. The van der Waals surface area contributed by atoms with Crippen molar-refractivity contribution < 1.29 is 13.2 Å². The third-order valence-corrected chi connectivity index (χ3v) is 7.09. The third kappa shape index (κ3) is 4.42. The fraction of sp³-hybridized carbons (Fsp3) is 0.417. The second-order valence-corrected chi connectivity index (χ2v) is 9.30. The number of H-pyrrole nitrogens is 1. The second kappa shape index (κ2) is 7.74. The molecule has 12 heteroatoms. The molecule has 2 heterocycles. The predicted octanol–water partition coefficient (Wildman–Crippen LogP) is 1.17. The summed E-state index contributed by atoms with van der Waals surface area (Å²) in [6, 6.07) is 2.92. The largest absolute Gasteiger partial charge is 0.355 e. The summed E-state index contributed by atoms with van der Waals surface area (Å²) >= 11 is 11.7. The molecule has 0 saturated heterocycles. The van der Waals surface area contributed by atoms with Gasteiger partial charge in [-0.3, -0.25) is 9.89 Å². The summed E-state index contributed by atoms with van der Waals surface area (Å²) in [5.74, 6) is 0.301. The fourth-order valence-corrected chi connectivity index (χ4v) is 4.82. The lowest BCUT2D eigenvalue weighted by Gasteiger charge is -2.15. The van der Waals surface area contributed by atoms with Gasteiger partial charge in [-0.2, -0.15) is 9.40 Å². The zero-order valence-electron chi connectivity index (χ0n) is 12.9. The first-order valence-electron chi connectivity index (χ1n) is 6.80. The summed E-state index contributed by atoms with van der Waals surface area (Å²) in [6.45, 7) is 0.0435. The molecule has 0 aliphatic carbocycles. The van der Waals surface area contributed by atoms with Crippen molar-refractivity contribution in [3.05, 3.63) is 27.1 Å². The summed E-state index contributed by atoms with van der Waals surface area (Å²) in [5, 5.41) is 9.34. The van der Waals surface area contributed by atoms with E-state index in [2.05, 4.69) is 15.5 Å². The van der Waals surface area contributed by atoms with Gasteiger partial charge in [0.1, 0.15) is 10.0 Å². The second-order valence-electron chi connectivity index (χ2n) is 4.92. The average Bonchev–Trinajstić information content (AvgIpc) is 3.08. The van der Waals surface area contributed by atoms with Crippen molar-refractivity contribution in [2.75, 3.05) is 20.1 Å². The lowest BCUT2D eigenvalue weighted by molar-refractivity contribution is -0.121. The van der Waals surface area contributed by atoms with Crippen LogP contribution in [0.4, 0.5) is 0 Å². The summed E-state index contributed by atoms with van der Waals surface area (Å²) in [5.41, 5.74) is 0. The Morgan fingerprint density at radius 2 is 2.25 bits per heavy atom. The number of nitrogens with one attached hydrogen (secondary N) is 2. The molecule has 2 aromatic heterocycles. The van der Waals surface area contributed by atoms with Gasteiger partial charge < -0.3 is 9.88 Å². The SMILES string of the molecule is CN(CC(=O)NCCc1n[nH]c(=S)n1C)S(=O)(=O)c1ccc(Cl)s1. The van der Waals surface area contributed by atoms with Crippen molar-refractivity contribution in [1.82, 2.24) is 24.4 Å². The maximum Gasteiger partial charge on any atom is 0.252 e. The highest BCUT2D eigenvalue weighted by Crippen LogP contribution is 2.27. The number of nitrogens with zero attached hydrogens (tertiary/aromatic N) is 3. The van der Waals surface area contributed by atoms with E-state index < -0.39 is 15.9 Å². The van der Waals surface area contributed by atoms with E-state index in [1.165, 1.54) is 19.2 Å². The number of halogens is 1. The minimum absolute atomic E-state index is 0.101. The molecule has 2 rings (SSSR count).